The highest BCUT2D eigenvalue weighted by molar-refractivity contribution is 5.67. The summed E-state index contributed by atoms with van der Waals surface area (Å²) >= 11 is 0. The molecule has 7 nitrogen and oxygen atoms in total. The zero-order valence-electron chi connectivity index (χ0n) is 13.1. The van der Waals surface area contributed by atoms with E-state index in [2.05, 4.69) is 20.5 Å². The van der Waals surface area contributed by atoms with E-state index in [1.54, 1.807) is 18.7 Å². The molecule has 0 aliphatic carbocycles. The third-order valence-corrected chi connectivity index (χ3v) is 2.81. The Morgan fingerprint density at radius 2 is 2.23 bits per heavy atom. The number of hydrogen-bond acceptors (Lipinski definition) is 5. The van der Waals surface area contributed by atoms with Crippen molar-refractivity contribution < 1.29 is 9.53 Å². The molecular formula is C15H21N5O2. The first-order chi connectivity index (χ1) is 10.4. The van der Waals surface area contributed by atoms with Gasteiger partial charge in [0.2, 0.25) is 0 Å². The molecule has 0 aliphatic heterocycles. The van der Waals surface area contributed by atoms with E-state index in [0.29, 0.717) is 19.5 Å². The first-order valence-corrected chi connectivity index (χ1v) is 7.16. The van der Waals surface area contributed by atoms with Gasteiger partial charge in [-0.3, -0.25) is 0 Å². The smallest absolute Gasteiger partial charge is 0.407 e. The molecule has 0 fully saturated rings. The minimum Gasteiger partial charge on any atom is -0.444 e. The van der Waals surface area contributed by atoms with Gasteiger partial charge in [-0.05, 0) is 32.9 Å². The minimum atomic E-state index is -0.488. The normalized spacial score (nSPS) is 11.2. The molecule has 0 saturated heterocycles. The molecule has 0 radical (unpaired) electrons. The number of carbonyl (C=O) groups is 1. The molecule has 0 atom stereocenters. The summed E-state index contributed by atoms with van der Waals surface area (Å²) in [5.41, 5.74) is 1.39. The Morgan fingerprint density at radius 3 is 2.91 bits per heavy atom. The van der Waals surface area contributed by atoms with Gasteiger partial charge in [-0.25, -0.2) is 9.78 Å². The first kappa shape index (κ1) is 15.9. The average molecular weight is 303 g/mol. The Labute approximate surface area is 129 Å². The summed E-state index contributed by atoms with van der Waals surface area (Å²) in [5.74, 6) is 0. The number of carbonyl (C=O) groups excluding carboxylic acids is 1. The third-order valence-electron chi connectivity index (χ3n) is 2.81. The minimum absolute atomic E-state index is 0.410. The number of rotatable bonds is 5. The van der Waals surface area contributed by atoms with E-state index in [4.69, 9.17) is 4.74 Å². The van der Waals surface area contributed by atoms with Gasteiger partial charge in [-0.15, -0.1) is 0 Å². The van der Waals surface area contributed by atoms with Crippen molar-refractivity contribution in [2.75, 3.05) is 6.54 Å². The molecular weight excluding hydrogens is 282 g/mol. The molecule has 0 aliphatic rings. The fraction of sp³-hybridized carbons (Fsp3) is 0.467. The van der Waals surface area contributed by atoms with Crippen molar-refractivity contribution in [1.82, 2.24) is 25.1 Å². The highest BCUT2D eigenvalue weighted by atomic mass is 16.6. The molecule has 2 aromatic rings. The highest BCUT2D eigenvalue weighted by Crippen LogP contribution is 2.07. The van der Waals surface area contributed by atoms with Crippen LogP contribution >= 0.6 is 0 Å². The number of hydrogen-bond donors (Lipinski definition) is 1. The Kier molecular flexibility index (Phi) is 5.08. The second kappa shape index (κ2) is 7.02. The maximum atomic E-state index is 11.6. The van der Waals surface area contributed by atoms with E-state index < -0.39 is 11.7 Å². The number of imidazole rings is 1. The van der Waals surface area contributed by atoms with Gasteiger partial charge < -0.3 is 14.6 Å². The van der Waals surface area contributed by atoms with E-state index in [1.807, 2.05) is 37.5 Å². The molecule has 1 amide bonds. The van der Waals surface area contributed by atoms with Gasteiger partial charge in [-0.1, -0.05) is 0 Å². The molecule has 0 unspecified atom stereocenters. The summed E-state index contributed by atoms with van der Waals surface area (Å²) in [7, 11) is 0. The van der Waals surface area contributed by atoms with Gasteiger partial charge in [0.1, 0.15) is 5.60 Å². The van der Waals surface area contributed by atoms with Crippen molar-refractivity contribution in [2.45, 2.75) is 39.3 Å². The molecule has 0 spiro atoms. The standard InChI is InChI=1S/C15H21N5O2/c1-15(2,3)22-14(21)17-8-6-13-9-16-11-20(13)10-12-5-4-7-18-19-12/h4-5,7,9,11H,6,8,10H2,1-3H3,(H,17,21). The number of amides is 1. The Bertz CT molecular complexity index is 604. The zero-order chi connectivity index (χ0) is 16.0. The average Bonchev–Trinajstić information content (AvgIpc) is 2.85. The summed E-state index contributed by atoms with van der Waals surface area (Å²) in [6.45, 7) is 6.60. The van der Waals surface area contributed by atoms with Crippen molar-refractivity contribution in [3.63, 3.8) is 0 Å². The van der Waals surface area contributed by atoms with E-state index in [0.717, 1.165) is 11.4 Å². The molecule has 0 saturated carbocycles. The topological polar surface area (TPSA) is 81.9 Å². The summed E-state index contributed by atoms with van der Waals surface area (Å²) in [4.78, 5) is 15.7. The number of alkyl carbamates (subject to hydrolysis) is 1. The lowest BCUT2D eigenvalue weighted by Crippen LogP contribution is -2.33. The third kappa shape index (κ3) is 5.16. The summed E-state index contributed by atoms with van der Waals surface area (Å²) < 4.78 is 7.18. The quantitative estimate of drug-likeness (QED) is 0.910. The van der Waals surface area contributed by atoms with E-state index in [-0.39, 0.29) is 0 Å². The van der Waals surface area contributed by atoms with Crippen molar-refractivity contribution in [3.05, 3.63) is 42.2 Å². The molecule has 0 aromatic carbocycles. The van der Waals surface area contributed by atoms with Crippen LogP contribution in [0, 0.1) is 0 Å². The zero-order valence-corrected chi connectivity index (χ0v) is 13.1. The lowest BCUT2D eigenvalue weighted by molar-refractivity contribution is 0.0528. The van der Waals surface area contributed by atoms with Crippen LogP contribution < -0.4 is 5.32 Å². The van der Waals surface area contributed by atoms with E-state index in [1.165, 1.54) is 0 Å². The summed E-state index contributed by atoms with van der Waals surface area (Å²) in [5, 5.41) is 10.7. The molecule has 1 N–H and O–H groups in total. The van der Waals surface area contributed by atoms with Crippen LogP contribution in [0.15, 0.2) is 30.9 Å². The molecule has 22 heavy (non-hydrogen) atoms. The van der Waals surface area contributed by atoms with Crippen LogP contribution in [-0.4, -0.2) is 38.0 Å². The molecule has 7 heteroatoms. The molecule has 2 rings (SSSR count). The maximum Gasteiger partial charge on any atom is 0.407 e. The second-order valence-corrected chi connectivity index (χ2v) is 5.91. The monoisotopic (exact) mass is 303 g/mol. The molecule has 2 aromatic heterocycles. The van der Waals surface area contributed by atoms with Gasteiger partial charge in [0.25, 0.3) is 0 Å². The Hall–Kier alpha value is -2.44. The Balaban J connectivity index is 1.84. The number of aromatic nitrogens is 4. The molecule has 0 bridgehead atoms. The van der Waals surface area contributed by atoms with Gasteiger partial charge in [0, 0.05) is 31.1 Å². The molecule has 2 heterocycles. The summed E-state index contributed by atoms with van der Waals surface area (Å²) in [6.07, 6.45) is 5.43. The lowest BCUT2D eigenvalue weighted by atomic mass is 10.2. The fourth-order valence-corrected chi connectivity index (χ4v) is 1.90. The predicted octanol–water partition coefficient (Wildman–Crippen LogP) is 1.79. The largest absolute Gasteiger partial charge is 0.444 e. The van der Waals surface area contributed by atoms with Crippen LogP contribution in [0.1, 0.15) is 32.2 Å². The van der Waals surface area contributed by atoms with Crippen LogP contribution in [-0.2, 0) is 17.7 Å². The van der Waals surface area contributed by atoms with E-state index >= 15 is 0 Å². The Morgan fingerprint density at radius 1 is 1.41 bits per heavy atom. The van der Waals surface area contributed by atoms with Crippen LogP contribution in [0.4, 0.5) is 4.79 Å². The number of ether oxygens (including phenoxy) is 1. The SMILES string of the molecule is CC(C)(C)OC(=O)NCCc1cncn1Cc1cccnn1. The van der Waals surface area contributed by atoms with E-state index in [9.17, 15) is 4.79 Å². The number of nitrogens with one attached hydrogen (secondary N) is 1. The fourth-order valence-electron chi connectivity index (χ4n) is 1.90. The van der Waals surface area contributed by atoms with Gasteiger partial charge >= 0.3 is 6.09 Å². The first-order valence-electron chi connectivity index (χ1n) is 7.16. The van der Waals surface area contributed by atoms with Crippen LogP contribution in [0.5, 0.6) is 0 Å². The molecule has 118 valence electrons. The second-order valence-electron chi connectivity index (χ2n) is 5.91. The van der Waals surface area contributed by atoms with Crippen LogP contribution in [0.25, 0.3) is 0 Å². The van der Waals surface area contributed by atoms with Crippen LogP contribution in [0.3, 0.4) is 0 Å². The van der Waals surface area contributed by atoms with Crippen LogP contribution in [0.2, 0.25) is 0 Å². The van der Waals surface area contributed by atoms with Crippen molar-refractivity contribution in [3.8, 4) is 0 Å². The summed E-state index contributed by atoms with van der Waals surface area (Å²) in [6, 6.07) is 3.76. The number of nitrogens with zero attached hydrogens (tertiary/aromatic N) is 4. The van der Waals surface area contributed by atoms with Gasteiger partial charge in [0.15, 0.2) is 0 Å². The van der Waals surface area contributed by atoms with Crippen molar-refractivity contribution >= 4 is 6.09 Å². The lowest BCUT2D eigenvalue weighted by Gasteiger charge is -2.19. The van der Waals surface area contributed by atoms with Gasteiger partial charge in [0.05, 0.1) is 18.6 Å². The maximum absolute atomic E-state index is 11.6. The van der Waals surface area contributed by atoms with Crippen molar-refractivity contribution in [1.29, 1.82) is 0 Å². The highest BCUT2D eigenvalue weighted by Gasteiger charge is 2.15. The predicted molar refractivity (Wildman–Crippen MR) is 81.3 cm³/mol. The van der Waals surface area contributed by atoms with Gasteiger partial charge in [-0.2, -0.15) is 10.2 Å². The van der Waals surface area contributed by atoms with Crippen molar-refractivity contribution in [2.24, 2.45) is 0 Å².